The van der Waals surface area contributed by atoms with Crippen LogP contribution in [0.4, 0.5) is 0 Å². The van der Waals surface area contributed by atoms with E-state index in [0.29, 0.717) is 24.6 Å². The first-order chi connectivity index (χ1) is 12.2. The molecular formula is C19H19ClN2O3. The van der Waals surface area contributed by atoms with E-state index >= 15 is 0 Å². The molecule has 0 unspecified atom stereocenters. The number of methoxy groups -OCH3 is 1. The zero-order chi connectivity index (χ0) is 17.6. The normalized spacial score (nSPS) is 10.6. The molecule has 0 spiro atoms. The number of aromatic nitrogens is 1. The minimum Gasteiger partial charge on any atom is -0.497 e. The van der Waals surface area contributed by atoms with Crippen molar-refractivity contribution in [3.63, 3.8) is 0 Å². The first-order valence-electron chi connectivity index (χ1n) is 7.95. The van der Waals surface area contributed by atoms with Crippen LogP contribution in [0.5, 0.6) is 11.5 Å². The third-order valence-corrected chi connectivity index (χ3v) is 4.07. The Balaban J connectivity index is 1.46. The number of ether oxygens (including phenoxy) is 2. The molecule has 3 aromatic rings. The van der Waals surface area contributed by atoms with Gasteiger partial charge in [0.15, 0.2) is 0 Å². The van der Waals surface area contributed by atoms with Gasteiger partial charge in [-0.3, -0.25) is 4.79 Å². The molecule has 6 heteroatoms. The van der Waals surface area contributed by atoms with E-state index in [9.17, 15) is 4.79 Å². The number of H-pyrrole nitrogens is 1. The lowest BCUT2D eigenvalue weighted by Crippen LogP contribution is -2.29. The van der Waals surface area contributed by atoms with E-state index < -0.39 is 0 Å². The van der Waals surface area contributed by atoms with E-state index in [2.05, 4.69) is 10.3 Å². The largest absolute Gasteiger partial charge is 0.497 e. The second kappa shape index (κ2) is 7.94. The number of carbonyl (C=O) groups excluding carboxylic acids is 1. The Kier molecular flexibility index (Phi) is 5.46. The number of nitrogens with one attached hydrogen (secondary N) is 2. The molecule has 25 heavy (non-hydrogen) atoms. The minimum atomic E-state index is -0.0471. The second-order valence-corrected chi connectivity index (χ2v) is 5.99. The van der Waals surface area contributed by atoms with Crippen molar-refractivity contribution in [2.45, 2.75) is 6.42 Å². The highest BCUT2D eigenvalue weighted by molar-refractivity contribution is 6.31. The maximum atomic E-state index is 12.1. The summed E-state index contributed by atoms with van der Waals surface area (Å²) < 4.78 is 10.7. The van der Waals surface area contributed by atoms with E-state index in [1.165, 1.54) is 0 Å². The summed E-state index contributed by atoms with van der Waals surface area (Å²) in [6.07, 6.45) is 2.15. The highest BCUT2D eigenvalue weighted by atomic mass is 35.5. The second-order valence-electron chi connectivity index (χ2n) is 5.55. The van der Waals surface area contributed by atoms with Crippen molar-refractivity contribution in [3.8, 4) is 11.5 Å². The van der Waals surface area contributed by atoms with Crippen molar-refractivity contribution in [1.29, 1.82) is 0 Å². The van der Waals surface area contributed by atoms with Crippen LogP contribution in [0.1, 0.15) is 5.56 Å². The van der Waals surface area contributed by atoms with Crippen LogP contribution in [0.25, 0.3) is 10.9 Å². The van der Waals surface area contributed by atoms with Crippen molar-refractivity contribution >= 4 is 28.4 Å². The molecule has 0 fully saturated rings. The molecule has 0 aliphatic rings. The third-order valence-electron chi connectivity index (χ3n) is 3.83. The van der Waals surface area contributed by atoms with E-state index in [1.54, 1.807) is 7.11 Å². The number of benzene rings is 2. The Bertz CT molecular complexity index is 859. The minimum absolute atomic E-state index is 0.0471. The average molecular weight is 359 g/mol. The number of aromatic amines is 1. The summed E-state index contributed by atoms with van der Waals surface area (Å²) in [5.74, 6) is 1.47. The van der Waals surface area contributed by atoms with Crippen molar-refractivity contribution in [3.05, 3.63) is 59.2 Å². The van der Waals surface area contributed by atoms with Crippen LogP contribution in [0, 0.1) is 0 Å². The van der Waals surface area contributed by atoms with Crippen LogP contribution in [0.2, 0.25) is 5.02 Å². The van der Waals surface area contributed by atoms with Gasteiger partial charge in [-0.1, -0.05) is 17.7 Å². The monoisotopic (exact) mass is 358 g/mol. The molecule has 0 bridgehead atoms. The first kappa shape index (κ1) is 17.2. The molecule has 0 radical (unpaired) electrons. The zero-order valence-electron chi connectivity index (χ0n) is 13.8. The quantitative estimate of drug-likeness (QED) is 0.635. The summed E-state index contributed by atoms with van der Waals surface area (Å²) in [7, 11) is 1.62. The predicted molar refractivity (Wildman–Crippen MR) is 98.5 cm³/mol. The van der Waals surface area contributed by atoms with Crippen molar-refractivity contribution < 1.29 is 14.3 Å². The maximum Gasteiger partial charge on any atom is 0.224 e. The Morgan fingerprint density at radius 2 is 1.92 bits per heavy atom. The molecule has 0 aliphatic carbocycles. The van der Waals surface area contributed by atoms with Crippen molar-refractivity contribution in [2.24, 2.45) is 0 Å². The van der Waals surface area contributed by atoms with Gasteiger partial charge in [-0.25, -0.2) is 0 Å². The van der Waals surface area contributed by atoms with E-state index in [1.807, 2.05) is 48.7 Å². The van der Waals surface area contributed by atoms with Gasteiger partial charge in [-0.2, -0.15) is 0 Å². The van der Waals surface area contributed by atoms with Gasteiger partial charge < -0.3 is 19.8 Å². The van der Waals surface area contributed by atoms with Gasteiger partial charge in [0.25, 0.3) is 0 Å². The first-order valence-corrected chi connectivity index (χ1v) is 8.32. The highest BCUT2D eigenvalue weighted by Crippen LogP contribution is 2.22. The van der Waals surface area contributed by atoms with Crippen LogP contribution in [0.3, 0.4) is 0 Å². The van der Waals surface area contributed by atoms with Gasteiger partial charge in [0.05, 0.1) is 20.1 Å². The molecule has 130 valence electrons. The van der Waals surface area contributed by atoms with Gasteiger partial charge in [-0.15, -0.1) is 0 Å². The fraction of sp³-hybridized carbons (Fsp3) is 0.211. The Morgan fingerprint density at radius 1 is 1.16 bits per heavy atom. The summed E-state index contributed by atoms with van der Waals surface area (Å²) in [5.41, 5.74) is 1.87. The van der Waals surface area contributed by atoms with Crippen LogP contribution in [-0.2, 0) is 11.2 Å². The van der Waals surface area contributed by atoms with Crippen LogP contribution in [0.15, 0.2) is 48.7 Å². The lowest BCUT2D eigenvalue weighted by atomic mass is 10.1. The number of hydrogen-bond acceptors (Lipinski definition) is 3. The maximum absolute atomic E-state index is 12.1. The SMILES string of the molecule is COc1ccc(OCCNC(=O)Cc2c[nH]c3cc(Cl)ccc23)cc1. The Labute approximate surface area is 150 Å². The zero-order valence-corrected chi connectivity index (χ0v) is 14.6. The molecule has 0 aliphatic heterocycles. The number of halogens is 1. The molecule has 3 rings (SSSR count). The van der Waals surface area contributed by atoms with Crippen LogP contribution in [-0.4, -0.2) is 31.2 Å². The van der Waals surface area contributed by atoms with Gasteiger partial charge in [0.2, 0.25) is 5.91 Å². The molecule has 0 saturated heterocycles. The molecular weight excluding hydrogens is 340 g/mol. The molecule has 2 aromatic carbocycles. The van der Waals surface area contributed by atoms with Crippen molar-refractivity contribution in [1.82, 2.24) is 10.3 Å². The molecule has 1 amide bonds. The van der Waals surface area contributed by atoms with Gasteiger partial charge >= 0.3 is 0 Å². The Morgan fingerprint density at radius 3 is 2.68 bits per heavy atom. The molecule has 0 atom stereocenters. The fourth-order valence-electron chi connectivity index (χ4n) is 2.57. The van der Waals surface area contributed by atoms with Gasteiger partial charge in [0.1, 0.15) is 18.1 Å². The van der Waals surface area contributed by atoms with E-state index in [-0.39, 0.29) is 5.91 Å². The lowest BCUT2D eigenvalue weighted by Gasteiger charge is -2.08. The van der Waals surface area contributed by atoms with Gasteiger partial charge in [0, 0.05) is 22.1 Å². The average Bonchev–Trinajstić information content (AvgIpc) is 3.01. The highest BCUT2D eigenvalue weighted by Gasteiger charge is 2.09. The van der Waals surface area contributed by atoms with Crippen molar-refractivity contribution in [2.75, 3.05) is 20.3 Å². The Hall–Kier alpha value is -2.66. The number of carbonyl (C=O) groups is 1. The summed E-state index contributed by atoms with van der Waals surface area (Å²) in [5, 5.41) is 4.54. The molecule has 2 N–H and O–H groups in total. The summed E-state index contributed by atoms with van der Waals surface area (Å²) in [6.45, 7) is 0.848. The molecule has 1 aromatic heterocycles. The summed E-state index contributed by atoms with van der Waals surface area (Å²) in [4.78, 5) is 15.2. The fourth-order valence-corrected chi connectivity index (χ4v) is 2.74. The van der Waals surface area contributed by atoms with Gasteiger partial charge in [-0.05, 0) is 42.0 Å². The summed E-state index contributed by atoms with van der Waals surface area (Å²) >= 11 is 5.97. The standard InChI is InChI=1S/C19H19ClN2O3/c1-24-15-3-5-16(6-4-15)25-9-8-21-19(23)10-13-12-22-18-11-14(20)2-7-17(13)18/h2-7,11-12,22H,8-10H2,1H3,(H,21,23). The molecule has 1 heterocycles. The van der Waals surface area contributed by atoms with Crippen LogP contribution < -0.4 is 14.8 Å². The lowest BCUT2D eigenvalue weighted by molar-refractivity contribution is -0.120. The van der Waals surface area contributed by atoms with Crippen LogP contribution >= 0.6 is 11.6 Å². The summed E-state index contributed by atoms with van der Waals surface area (Å²) in [6, 6.07) is 12.9. The molecule has 5 nitrogen and oxygen atoms in total. The van der Waals surface area contributed by atoms with E-state index in [4.69, 9.17) is 21.1 Å². The predicted octanol–water partition coefficient (Wildman–Crippen LogP) is 3.57. The third kappa shape index (κ3) is 4.45. The number of rotatable bonds is 7. The molecule has 0 saturated carbocycles. The number of hydrogen-bond donors (Lipinski definition) is 2. The number of amides is 1. The topological polar surface area (TPSA) is 63.4 Å². The smallest absolute Gasteiger partial charge is 0.224 e. The number of fused-ring (bicyclic) bond motifs is 1. The van der Waals surface area contributed by atoms with E-state index in [0.717, 1.165) is 28.0 Å².